The van der Waals surface area contributed by atoms with Crippen molar-refractivity contribution in [3.8, 4) is 11.3 Å². The second-order valence-corrected chi connectivity index (χ2v) is 3.01. The molecule has 0 fully saturated rings. The topological polar surface area (TPSA) is 0 Å². The molecule has 0 amide bonds. The number of rotatable bonds is 0. The summed E-state index contributed by atoms with van der Waals surface area (Å²) in [5, 5.41) is 2.42. The van der Waals surface area contributed by atoms with E-state index in [9.17, 15) is 0 Å². The van der Waals surface area contributed by atoms with Crippen LogP contribution < -0.4 is 0 Å². The third-order valence-corrected chi connectivity index (χ3v) is 2.34. The molecule has 10 heavy (non-hydrogen) atoms. The van der Waals surface area contributed by atoms with Crippen LogP contribution in [0.15, 0.2) is 11.1 Å². The van der Waals surface area contributed by atoms with E-state index in [0.717, 1.165) is 6.42 Å². The standard InChI is InChI=1S/C9H11Cl/c1-7-3-4-9(5-6-10)8(7)2/h7H,3-4H2,1-2H3. The minimum atomic E-state index is 0.715. The molecule has 0 nitrogen and oxygen atoms in total. The van der Waals surface area contributed by atoms with Crippen LogP contribution in [0, 0.1) is 17.2 Å². The van der Waals surface area contributed by atoms with E-state index in [1.54, 1.807) is 0 Å². The fourth-order valence-electron chi connectivity index (χ4n) is 1.29. The van der Waals surface area contributed by atoms with Crippen molar-refractivity contribution in [1.82, 2.24) is 0 Å². The average Bonchev–Trinajstić information content (AvgIpc) is 2.20. The molecule has 1 unspecified atom stereocenters. The van der Waals surface area contributed by atoms with Gasteiger partial charge in [-0.25, -0.2) is 0 Å². The van der Waals surface area contributed by atoms with Crippen LogP contribution in [0.25, 0.3) is 0 Å². The molecular weight excluding hydrogens is 144 g/mol. The highest BCUT2D eigenvalue weighted by molar-refractivity contribution is 6.30. The first-order valence-electron chi connectivity index (χ1n) is 3.57. The predicted octanol–water partition coefficient (Wildman–Crippen LogP) is 2.93. The Morgan fingerprint density at radius 1 is 1.60 bits per heavy atom. The summed E-state index contributed by atoms with van der Waals surface area (Å²) in [7, 11) is 0. The Morgan fingerprint density at radius 2 is 2.30 bits per heavy atom. The van der Waals surface area contributed by atoms with Crippen molar-refractivity contribution >= 4 is 11.6 Å². The summed E-state index contributed by atoms with van der Waals surface area (Å²) in [6, 6.07) is 0. The van der Waals surface area contributed by atoms with Crippen LogP contribution in [0.1, 0.15) is 26.7 Å². The Morgan fingerprint density at radius 3 is 2.70 bits per heavy atom. The molecule has 1 rings (SSSR count). The smallest absolute Gasteiger partial charge is 0.00918 e. The Bertz CT molecular complexity index is 215. The molecule has 0 radical (unpaired) electrons. The molecule has 0 N–H and O–H groups in total. The van der Waals surface area contributed by atoms with Gasteiger partial charge in [-0.15, -0.1) is 0 Å². The van der Waals surface area contributed by atoms with Crippen LogP contribution in [0.2, 0.25) is 0 Å². The minimum absolute atomic E-state index is 0.715. The lowest BCUT2D eigenvalue weighted by atomic mass is 10.1. The molecule has 1 atom stereocenters. The molecule has 0 saturated heterocycles. The number of allylic oxidation sites excluding steroid dienone is 2. The van der Waals surface area contributed by atoms with Gasteiger partial charge in [0.2, 0.25) is 0 Å². The molecule has 0 aromatic rings. The zero-order chi connectivity index (χ0) is 7.56. The van der Waals surface area contributed by atoms with Crippen molar-refractivity contribution in [2.24, 2.45) is 5.92 Å². The first-order valence-corrected chi connectivity index (χ1v) is 3.94. The quantitative estimate of drug-likeness (QED) is 0.471. The highest BCUT2D eigenvalue weighted by atomic mass is 35.5. The first-order chi connectivity index (χ1) is 4.75. The summed E-state index contributed by atoms with van der Waals surface area (Å²) in [6.07, 6.45) is 2.36. The molecule has 1 heteroatoms. The predicted molar refractivity (Wildman–Crippen MR) is 44.7 cm³/mol. The summed E-state index contributed by atoms with van der Waals surface area (Å²) in [6.45, 7) is 4.38. The highest BCUT2D eigenvalue weighted by Gasteiger charge is 2.16. The van der Waals surface area contributed by atoms with Crippen LogP contribution in [-0.4, -0.2) is 0 Å². The van der Waals surface area contributed by atoms with Crippen molar-refractivity contribution < 1.29 is 0 Å². The van der Waals surface area contributed by atoms with Gasteiger partial charge in [0, 0.05) is 11.0 Å². The van der Waals surface area contributed by atoms with E-state index in [1.165, 1.54) is 17.6 Å². The van der Waals surface area contributed by atoms with E-state index < -0.39 is 0 Å². The Balaban J connectivity index is 2.81. The molecule has 0 aliphatic heterocycles. The van der Waals surface area contributed by atoms with E-state index in [2.05, 4.69) is 25.1 Å². The van der Waals surface area contributed by atoms with E-state index in [-0.39, 0.29) is 0 Å². The summed E-state index contributed by atoms with van der Waals surface area (Å²) >= 11 is 5.30. The lowest BCUT2D eigenvalue weighted by Crippen LogP contribution is -1.86. The van der Waals surface area contributed by atoms with E-state index in [4.69, 9.17) is 11.6 Å². The molecule has 0 heterocycles. The van der Waals surface area contributed by atoms with Gasteiger partial charge in [0.15, 0.2) is 0 Å². The van der Waals surface area contributed by atoms with Crippen molar-refractivity contribution in [1.29, 1.82) is 0 Å². The van der Waals surface area contributed by atoms with Gasteiger partial charge in [0.05, 0.1) is 0 Å². The average molecular weight is 155 g/mol. The van der Waals surface area contributed by atoms with Gasteiger partial charge in [0.1, 0.15) is 0 Å². The summed E-state index contributed by atoms with van der Waals surface area (Å²) in [4.78, 5) is 0. The number of hydrogen-bond acceptors (Lipinski definition) is 0. The monoisotopic (exact) mass is 154 g/mol. The second kappa shape index (κ2) is 3.12. The lowest BCUT2D eigenvalue weighted by molar-refractivity contribution is 0.669. The molecule has 54 valence electrons. The second-order valence-electron chi connectivity index (χ2n) is 2.82. The van der Waals surface area contributed by atoms with Crippen LogP contribution in [0.4, 0.5) is 0 Å². The third kappa shape index (κ3) is 1.36. The van der Waals surface area contributed by atoms with Gasteiger partial charge in [-0.2, -0.15) is 0 Å². The molecule has 1 aliphatic rings. The van der Waals surface area contributed by atoms with Crippen LogP contribution in [-0.2, 0) is 0 Å². The summed E-state index contributed by atoms with van der Waals surface area (Å²) in [5.41, 5.74) is 2.68. The largest absolute Gasteiger partial charge is 0.0589 e. The maximum atomic E-state index is 5.30. The Hall–Kier alpha value is -0.410. The molecule has 0 saturated carbocycles. The van der Waals surface area contributed by atoms with Gasteiger partial charge in [-0.05, 0) is 37.3 Å². The fraction of sp³-hybridized carbons (Fsp3) is 0.556. The molecule has 0 aromatic heterocycles. The molecular formula is C9H11Cl. The van der Waals surface area contributed by atoms with Gasteiger partial charge >= 0.3 is 0 Å². The third-order valence-electron chi connectivity index (χ3n) is 2.24. The highest BCUT2D eigenvalue weighted by Crippen LogP contribution is 2.30. The lowest BCUT2D eigenvalue weighted by Gasteiger charge is -1.99. The van der Waals surface area contributed by atoms with E-state index in [0.29, 0.717) is 5.92 Å². The number of halogens is 1. The molecule has 0 bridgehead atoms. The van der Waals surface area contributed by atoms with Crippen molar-refractivity contribution in [3.63, 3.8) is 0 Å². The number of hydrogen-bond donors (Lipinski definition) is 0. The molecule has 0 aromatic carbocycles. The van der Waals surface area contributed by atoms with Crippen LogP contribution in [0.5, 0.6) is 0 Å². The summed E-state index contributed by atoms with van der Waals surface area (Å²) < 4.78 is 0. The molecule has 0 spiro atoms. The van der Waals surface area contributed by atoms with Crippen LogP contribution >= 0.6 is 11.6 Å². The summed E-state index contributed by atoms with van der Waals surface area (Å²) in [5.74, 6) is 3.63. The van der Waals surface area contributed by atoms with Crippen molar-refractivity contribution in [2.75, 3.05) is 0 Å². The minimum Gasteiger partial charge on any atom is -0.0589 e. The van der Waals surface area contributed by atoms with E-state index in [1.807, 2.05) is 0 Å². The Labute approximate surface area is 67.3 Å². The maximum Gasteiger partial charge on any atom is 0.00918 e. The normalized spacial score (nSPS) is 24.5. The van der Waals surface area contributed by atoms with Gasteiger partial charge in [-0.3, -0.25) is 0 Å². The SMILES string of the molecule is CC1=C(C#CCl)CCC1C. The van der Waals surface area contributed by atoms with Crippen LogP contribution in [0.3, 0.4) is 0 Å². The fourth-order valence-corrected chi connectivity index (χ4v) is 1.40. The molecule has 1 aliphatic carbocycles. The van der Waals surface area contributed by atoms with Gasteiger partial charge in [-0.1, -0.05) is 18.4 Å². The first kappa shape index (κ1) is 7.69. The zero-order valence-corrected chi connectivity index (χ0v) is 7.13. The van der Waals surface area contributed by atoms with E-state index >= 15 is 0 Å². The maximum absolute atomic E-state index is 5.30. The van der Waals surface area contributed by atoms with Crippen molar-refractivity contribution in [2.45, 2.75) is 26.7 Å². The zero-order valence-electron chi connectivity index (χ0n) is 6.37. The Kier molecular flexibility index (Phi) is 2.40. The van der Waals surface area contributed by atoms with Crippen molar-refractivity contribution in [3.05, 3.63) is 11.1 Å². The van der Waals surface area contributed by atoms with Gasteiger partial charge < -0.3 is 0 Å². The van der Waals surface area contributed by atoms with Gasteiger partial charge in [0.25, 0.3) is 0 Å².